The average Bonchev–Trinajstić information content (AvgIpc) is 4.43. The molecule has 0 radical (unpaired) electrons. The summed E-state index contributed by atoms with van der Waals surface area (Å²) in [5, 5.41) is 7.23. The molecule has 0 amide bonds. The Morgan fingerprint density at radius 3 is 0.326 bits per heavy atom. The first-order valence-electron chi connectivity index (χ1n) is 35.4. The topological polar surface area (TPSA) is 275 Å². The summed E-state index contributed by atoms with van der Waals surface area (Å²) in [4.78, 5) is 0. The summed E-state index contributed by atoms with van der Waals surface area (Å²) < 4.78 is 90.0. The molecule has 0 aromatic carbocycles. The maximum Gasteiger partial charge on any atom is 0.0701 e. The van der Waals surface area contributed by atoms with Gasteiger partial charge in [0, 0.05) is 0 Å². The third-order valence-electron chi connectivity index (χ3n) is 10.2. The molecule has 89 heavy (non-hydrogen) atoms. The second-order valence-electron chi connectivity index (χ2n) is 21.5. The summed E-state index contributed by atoms with van der Waals surface area (Å²) in [7, 11) is 0. The molecular weight excluding hydrogens is 1150 g/mol. The molecule has 22 heteroatoms. The van der Waals surface area contributed by atoms with Gasteiger partial charge in [-0.15, -0.1) is 0 Å². The molecule has 20 aliphatic rings. The minimum Gasteiger partial charge on any atom is -0.377 e. The van der Waals surface area contributed by atoms with Crippen molar-refractivity contribution in [3.8, 4) is 0 Å². The minimum absolute atomic E-state index is 1.00. The van der Waals surface area contributed by atoms with Gasteiger partial charge in [0.15, 0.2) is 0 Å². The molecule has 20 heterocycles. The van der Waals surface area contributed by atoms with Crippen molar-refractivity contribution >= 4 is 0 Å². The van der Waals surface area contributed by atoms with E-state index in [4.69, 9.17) is 0 Å². The van der Waals surface area contributed by atoms with Crippen LogP contribution in [0.15, 0.2) is 0 Å². The number of nitrogens with one attached hydrogen (secondary N) is 2. The van der Waals surface area contributed by atoms with Crippen molar-refractivity contribution in [2.24, 2.45) is 0 Å². The van der Waals surface area contributed by atoms with Crippen LogP contribution in [0.1, 0.15) is 149 Å². The van der Waals surface area contributed by atoms with Gasteiger partial charge in [0.1, 0.15) is 0 Å². The number of epoxide rings is 20. The van der Waals surface area contributed by atoms with Crippen LogP contribution in [0.3, 0.4) is 0 Å². The summed E-state index contributed by atoms with van der Waals surface area (Å²) in [6.07, 6.45) is 29.9. The van der Waals surface area contributed by atoms with Gasteiger partial charge in [-0.25, -0.2) is 0 Å². The lowest BCUT2D eigenvalue weighted by Crippen LogP contribution is -2.23. The van der Waals surface area contributed by atoms with Crippen LogP contribution in [0.5, 0.6) is 0 Å². The van der Waals surface area contributed by atoms with E-state index in [-0.39, 0.29) is 0 Å². The Morgan fingerprint density at radius 2 is 0.225 bits per heavy atom. The Hall–Kier alpha value is -0.880. The Labute approximate surface area is 542 Å². The lowest BCUT2D eigenvalue weighted by molar-refractivity contribution is 0.475. The molecule has 20 aliphatic heterocycles. The minimum atomic E-state index is 1.00. The van der Waals surface area contributed by atoms with Crippen molar-refractivity contribution in [1.29, 1.82) is 0 Å². The van der Waals surface area contributed by atoms with E-state index >= 15 is 0 Å². The molecule has 0 atom stereocenters. The smallest absolute Gasteiger partial charge is 0.0701 e. The van der Waals surface area contributed by atoms with E-state index in [1.807, 2.05) is 0 Å². The molecule has 2 N–H and O–H groups in total. The van der Waals surface area contributed by atoms with Crippen LogP contribution in [0, 0.1) is 0 Å². The van der Waals surface area contributed by atoms with E-state index in [0.29, 0.717) is 0 Å². The number of unbranched alkanes of at least 4 members (excludes halogenated alkanes) is 18. The number of hydrogen-bond acceptors (Lipinski definition) is 22. The highest BCUT2D eigenvalue weighted by molar-refractivity contribution is 4.55. The lowest BCUT2D eigenvalue weighted by atomic mass is 10.1. The van der Waals surface area contributed by atoms with Gasteiger partial charge in [-0.2, -0.15) is 0 Å². The Balaban J connectivity index is 0.00000102. The van der Waals surface area contributed by atoms with Gasteiger partial charge in [0.2, 0.25) is 0 Å². The highest BCUT2D eigenvalue weighted by Gasteiger charge is 2.02. The molecule has 22 nitrogen and oxygen atoms in total. The van der Waals surface area contributed by atoms with Gasteiger partial charge in [0.25, 0.3) is 0 Å². The van der Waals surface area contributed by atoms with Crippen LogP contribution >= 0.6 is 0 Å². The Morgan fingerprint density at radius 1 is 0.135 bits per heavy atom. The van der Waals surface area contributed by atoms with Crippen molar-refractivity contribution in [2.75, 3.05) is 290 Å². The van der Waals surface area contributed by atoms with Crippen LogP contribution in [0.25, 0.3) is 0 Å². The molecular formula is C67H138N2O20. The van der Waals surface area contributed by atoms with Gasteiger partial charge in [-0.1, -0.05) is 129 Å². The van der Waals surface area contributed by atoms with Crippen LogP contribution in [-0.4, -0.2) is 290 Å². The summed E-state index contributed by atoms with van der Waals surface area (Å²) in [6, 6.07) is 0. The normalized spacial score (nSPS) is 19.9. The first-order valence-corrected chi connectivity index (χ1v) is 35.4. The molecule has 0 unspecified atom stereocenters. The maximum absolute atomic E-state index is 4.50. The second-order valence-corrected chi connectivity index (χ2v) is 21.5. The first kappa shape index (κ1) is 88.1. The van der Waals surface area contributed by atoms with E-state index in [1.165, 1.54) is 161 Å². The van der Waals surface area contributed by atoms with Crippen LogP contribution in [0.4, 0.5) is 0 Å². The van der Waals surface area contributed by atoms with Crippen molar-refractivity contribution in [1.82, 2.24) is 10.6 Å². The summed E-state index contributed by atoms with van der Waals surface area (Å²) in [6.45, 7) is 49.4. The lowest BCUT2D eigenvalue weighted by Gasteiger charge is -2.07. The van der Waals surface area contributed by atoms with Crippen LogP contribution in [-0.2, 0) is 94.7 Å². The standard InChI is InChI=1S/C27H58N2.20C2H4O/c1-3-5-7-9-11-13-15-17-19-21-24-28-26-23-27-29-25-22-20-18-16-14-12-10-8-6-4-2;20*1-2-3-1/h28-29H,3-27H2,1-2H3;20*1-2H2. The molecule has 20 saturated heterocycles. The van der Waals surface area contributed by atoms with E-state index < -0.39 is 0 Å². The SMILES string of the molecule is C1CO1.C1CO1.C1CO1.C1CO1.C1CO1.C1CO1.C1CO1.C1CO1.C1CO1.C1CO1.C1CO1.C1CO1.C1CO1.C1CO1.C1CO1.C1CO1.C1CO1.C1CO1.C1CO1.C1CO1.CCCCCCCCCCCCNCCCNCCCCCCCCCCCC. The maximum atomic E-state index is 4.50. The number of ether oxygens (including phenoxy) is 20. The fourth-order valence-electron chi connectivity index (χ4n) is 4.06. The summed E-state index contributed by atoms with van der Waals surface area (Å²) in [5.74, 6) is 0. The van der Waals surface area contributed by atoms with Gasteiger partial charge in [-0.05, 0) is 45.4 Å². The largest absolute Gasteiger partial charge is 0.377 e. The van der Waals surface area contributed by atoms with Gasteiger partial charge in [0.05, 0.1) is 264 Å². The first-order chi connectivity index (χ1) is 44.4. The van der Waals surface area contributed by atoms with Gasteiger partial charge >= 0.3 is 0 Å². The highest BCUT2D eigenvalue weighted by Crippen LogP contribution is 2.11. The molecule has 20 rings (SSSR count). The predicted octanol–water partition coefficient (Wildman–Crippen LogP) is 8.73. The fourth-order valence-corrected chi connectivity index (χ4v) is 4.06. The van der Waals surface area contributed by atoms with Crippen molar-refractivity contribution < 1.29 is 94.7 Å². The zero-order valence-corrected chi connectivity index (χ0v) is 57.1. The van der Waals surface area contributed by atoms with E-state index in [9.17, 15) is 0 Å². The van der Waals surface area contributed by atoms with Gasteiger partial charge in [-0.3, -0.25) is 0 Å². The summed E-state index contributed by atoms with van der Waals surface area (Å²) in [5.41, 5.74) is 0. The molecule has 0 spiro atoms. The van der Waals surface area contributed by atoms with Crippen LogP contribution in [0.2, 0.25) is 0 Å². The zero-order valence-electron chi connectivity index (χ0n) is 57.1. The zero-order chi connectivity index (χ0) is 63.5. The summed E-state index contributed by atoms with van der Waals surface area (Å²) >= 11 is 0. The number of rotatable bonds is 26. The van der Waals surface area contributed by atoms with Gasteiger partial charge < -0.3 is 105 Å². The second kappa shape index (κ2) is 87.1. The molecule has 0 aromatic heterocycles. The van der Waals surface area contributed by atoms with E-state index in [0.717, 1.165) is 264 Å². The molecule has 0 aliphatic carbocycles. The fraction of sp³-hybridized carbons (Fsp3) is 1.00. The molecule has 20 fully saturated rings. The molecule has 0 bridgehead atoms. The van der Waals surface area contributed by atoms with Crippen molar-refractivity contribution in [3.05, 3.63) is 0 Å². The van der Waals surface area contributed by atoms with E-state index in [1.54, 1.807) is 0 Å². The number of hydrogen-bond donors (Lipinski definition) is 2. The monoisotopic (exact) mass is 1290 g/mol. The van der Waals surface area contributed by atoms with Crippen molar-refractivity contribution in [2.45, 2.75) is 149 Å². The molecule has 536 valence electrons. The predicted molar refractivity (Wildman–Crippen MR) is 350 cm³/mol. The third-order valence-corrected chi connectivity index (χ3v) is 10.2. The third kappa shape index (κ3) is 310. The quantitative estimate of drug-likeness (QED) is 0.0605. The highest BCUT2D eigenvalue weighted by atomic mass is 16.6. The Bertz CT molecular complexity index is 822. The molecule has 0 saturated carbocycles. The van der Waals surface area contributed by atoms with Crippen LogP contribution < -0.4 is 10.6 Å². The molecule has 0 aromatic rings. The van der Waals surface area contributed by atoms with E-state index in [2.05, 4.69) is 119 Å². The van der Waals surface area contributed by atoms with Crippen molar-refractivity contribution in [3.63, 3.8) is 0 Å². The average molecular weight is 1290 g/mol. The Kier molecular flexibility index (Phi) is 86.3.